The molecule has 0 saturated heterocycles. The molecule has 0 heterocycles. The lowest BCUT2D eigenvalue weighted by atomic mass is 10.3. The van der Waals surface area contributed by atoms with Gasteiger partial charge in [0, 0.05) is 17.2 Å². The number of aliphatic hydroxyl groups is 1. The summed E-state index contributed by atoms with van der Waals surface area (Å²) >= 11 is 1.34. The first-order valence-electron chi connectivity index (χ1n) is 5.00. The molecule has 0 saturated carbocycles. The maximum atomic E-state index is 13.2. The first kappa shape index (κ1) is 12.5. The van der Waals surface area contributed by atoms with Gasteiger partial charge in [-0.3, -0.25) is 0 Å². The molecule has 0 bridgehead atoms. The molecule has 1 unspecified atom stereocenters. The minimum absolute atomic E-state index is 0.224. The third-order valence-electron chi connectivity index (χ3n) is 1.90. The summed E-state index contributed by atoms with van der Waals surface area (Å²) < 4.78 is 13.2. The van der Waals surface area contributed by atoms with Gasteiger partial charge in [0.1, 0.15) is 5.82 Å². The summed E-state index contributed by atoms with van der Waals surface area (Å²) in [5.74, 6) is 0.284. The number of likely N-dealkylation sites (N-methyl/N-ethyl adjacent to an activating group) is 1. The van der Waals surface area contributed by atoms with Crippen LogP contribution >= 0.6 is 11.8 Å². The lowest BCUT2D eigenvalue weighted by molar-refractivity contribution is 0.197. The van der Waals surface area contributed by atoms with Crippen LogP contribution < -0.4 is 5.32 Å². The van der Waals surface area contributed by atoms with Crippen LogP contribution in [0.5, 0.6) is 0 Å². The van der Waals surface area contributed by atoms with E-state index in [2.05, 4.69) is 5.32 Å². The first-order chi connectivity index (χ1) is 7.24. The van der Waals surface area contributed by atoms with Crippen LogP contribution in [0.25, 0.3) is 0 Å². The van der Waals surface area contributed by atoms with Crippen molar-refractivity contribution in [3.05, 3.63) is 30.1 Å². The second-order valence-corrected chi connectivity index (χ2v) is 4.26. The van der Waals surface area contributed by atoms with E-state index < -0.39 is 6.10 Å². The van der Waals surface area contributed by atoms with Crippen LogP contribution in [0.15, 0.2) is 29.2 Å². The van der Waals surface area contributed by atoms with Gasteiger partial charge in [0.05, 0.1) is 6.10 Å². The zero-order valence-electron chi connectivity index (χ0n) is 8.74. The molecule has 1 rings (SSSR count). The Balaban J connectivity index is 2.33. The predicted molar refractivity (Wildman–Crippen MR) is 61.7 cm³/mol. The molecule has 15 heavy (non-hydrogen) atoms. The van der Waals surface area contributed by atoms with E-state index in [-0.39, 0.29) is 5.82 Å². The molecule has 2 nitrogen and oxygen atoms in total. The summed E-state index contributed by atoms with van der Waals surface area (Å²) in [5.41, 5.74) is 0. The maximum Gasteiger partial charge on any atom is 0.136 e. The molecule has 2 N–H and O–H groups in total. The van der Waals surface area contributed by atoms with Gasteiger partial charge in [-0.1, -0.05) is 19.1 Å². The van der Waals surface area contributed by atoms with E-state index in [1.807, 2.05) is 6.92 Å². The molecule has 1 aromatic carbocycles. The van der Waals surface area contributed by atoms with Crippen LogP contribution in [0, 0.1) is 5.82 Å². The van der Waals surface area contributed by atoms with Gasteiger partial charge in [0.2, 0.25) is 0 Å². The van der Waals surface area contributed by atoms with Gasteiger partial charge < -0.3 is 10.4 Å². The molecule has 0 aliphatic heterocycles. The van der Waals surface area contributed by atoms with Crippen LogP contribution in [0.4, 0.5) is 4.39 Å². The number of halogens is 1. The Morgan fingerprint density at radius 2 is 2.20 bits per heavy atom. The van der Waals surface area contributed by atoms with Crippen molar-refractivity contribution in [2.75, 3.05) is 18.8 Å². The normalized spacial score (nSPS) is 12.7. The molecule has 0 spiro atoms. The number of hydrogen-bond donors (Lipinski definition) is 2. The summed E-state index contributed by atoms with van der Waals surface area (Å²) in [5, 5.41) is 12.6. The van der Waals surface area contributed by atoms with Gasteiger partial charge in [-0.2, -0.15) is 0 Å². The van der Waals surface area contributed by atoms with Crippen LogP contribution in [-0.4, -0.2) is 30.1 Å². The zero-order valence-corrected chi connectivity index (χ0v) is 9.56. The van der Waals surface area contributed by atoms with Crippen molar-refractivity contribution in [2.24, 2.45) is 0 Å². The second-order valence-electron chi connectivity index (χ2n) is 3.20. The number of aliphatic hydroxyl groups excluding tert-OH is 1. The van der Waals surface area contributed by atoms with Crippen molar-refractivity contribution in [3.8, 4) is 0 Å². The van der Waals surface area contributed by atoms with E-state index in [0.29, 0.717) is 17.2 Å². The Bertz CT molecular complexity index is 296. The molecular formula is C11H16FNOS. The van der Waals surface area contributed by atoms with Crippen LogP contribution in [-0.2, 0) is 0 Å². The highest BCUT2D eigenvalue weighted by molar-refractivity contribution is 7.99. The minimum atomic E-state index is -0.436. The highest BCUT2D eigenvalue weighted by Crippen LogP contribution is 2.21. The van der Waals surface area contributed by atoms with E-state index in [0.717, 1.165) is 6.54 Å². The Kier molecular flexibility index (Phi) is 5.68. The molecule has 4 heteroatoms. The summed E-state index contributed by atoms with van der Waals surface area (Å²) in [4.78, 5) is 0.591. The quantitative estimate of drug-likeness (QED) is 0.731. The standard InChI is InChI=1S/C11H16FNOS/c1-2-13-7-9(14)8-15-11-6-4-3-5-10(11)12/h3-6,9,13-14H,2,7-8H2,1H3. The van der Waals surface area contributed by atoms with Gasteiger partial charge in [0.15, 0.2) is 0 Å². The monoisotopic (exact) mass is 229 g/mol. The topological polar surface area (TPSA) is 32.3 Å². The van der Waals surface area contributed by atoms with E-state index >= 15 is 0 Å². The van der Waals surface area contributed by atoms with Crippen molar-refractivity contribution in [3.63, 3.8) is 0 Å². The minimum Gasteiger partial charge on any atom is -0.391 e. The molecule has 0 fully saturated rings. The van der Waals surface area contributed by atoms with Crippen molar-refractivity contribution in [2.45, 2.75) is 17.9 Å². The van der Waals surface area contributed by atoms with Gasteiger partial charge >= 0.3 is 0 Å². The summed E-state index contributed by atoms with van der Waals surface area (Å²) in [7, 11) is 0. The number of hydrogen-bond acceptors (Lipinski definition) is 3. The number of thioether (sulfide) groups is 1. The Labute approximate surface area is 93.9 Å². The molecular weight excluding hydrogens is 213 g/mol. The van der Waals surface area contributed by atoms with Crippen molar-refractivity contribution < 1.29 is 9.50 Å². The molecule has 0 aliphatic carbocycles. The third kappa shape index (κ3) is 4.64. The van der Waals surface area contributed by atoms with Crippen molar-refractivity contribution >= 4 is 11.8 Å². The van der Waals surface area contributed by atoms with E-state index in [1.165, 1.54) is 17.8 Å². The fourth-order valence-corrected chi connectivity index (χ4v) is 1.99. The average Bonchev–Trinajstić information content (AvgIpc) is 2.25. The molecule has 0 aromatic heterocycles. The smallest absolute Gasteiger partial charge is 0.136 e. The fraction of sp³-hybridized carbons (Fsp3) is 0.455. The highest BCUT2D eigenvalue weighted by atomic mass is 32.2. The summed E-state index contributed by atoms with van der Waals surface area (Å²) in [6.07, 6.45) is -0.436. The molecule has 0 radical (unpaired) electrons. The third-order valence-corrected chi connectivity index (χ3v) is 3.09. The Hall–Kier alpha value is -0.580. The van der Waals surface area contributed by atoms with Crippen LogP contribution in [0.1, 0.15) is 6.92 Å². The number of rotatable bonds is 6. The lowest BCUT2D eigenvalue weighted by Crippen LogP contribution is -2.28. The highest BCUT2D eigenvalue weighted by Gasteiger charge is 2.06. The Morgan fingerprint density at radius 1 is 1.47 bits per heavy atom. The van der Waals surface area contributed by atoms with Gasteiger partial charge in [0.25, 0.3) is 0 Å². The van der Waals surface area contributed by atoms with E-state index in [4.69, 9.17) is 0 Å². The summed E-state index contributed by atoms with van der Waals surface area (Å²) in [6, 6.07) is 6.61. The average molecular weight is 229 g/mol. The SMILES string of the molecule is CCNCC(O)CSc1ccccc1F. The molecule has 0 amide bonds. The lowest BCUT2D eigenvalue weighted by Gasteiger charge is -2.10. The first-order valence-corrected chi connectivity index (χ1v) is 5.98. The largest absolute Gasteiger partial charge is 0.391 e. The molecule has 1 atom stereocenters. The maximum absolute atomic E-state index is 13.2. The predicted octanol–water partition coefficient (Wildman–Crippen LogP) is 1.89. The van der Waals surface area contributed by atoms with Crippen molar-refractivity contribution in [1.82, 2.24) is 5.32 Å². The van der Waals surface area contributed by atoms with E-state index in [9.17, 15) is 9.50 Å². The van der Waals surface area contributed by atoms with Gasteiger partial charge in [-0.15, -0.1) is 11.8 Å². The van der Waals surface area contributed by atoms with Crippen LogP contribution in [0.2, 0.25) is 0 Å². The number of nitrogens with one attached hydrogen (secondary N) is 1. The second kappa shape index (κ2) is 6.82. The van der Waals surface area contributed by atoms with Crippen LogP contribution in [0.3, 0.4) is 0 Å². The van der Waals surface area contributed by atoms with Gasteiger partial charge in [-0.25, -0.2) is 4.39 Å². The number of benzene rings is 1. The van der Waals surface area contributed by atoms with Gasteiger partial charge in [-0.05, 0) is 18.7 Å². The van der Waals surface area contributed by atoms with E-state index in [1.54, 1.807) is 18.2 Å². The molecule has 1 aromatic rings. The summed E-state index contributed by atoms with van der Waals surface area (Å²) in [6.45, 7) is 3.37. The zero-order chi connectivity index (χ0) is 11.1. The fourth-order valence-electron chi connectivity index (χ4n) is 1.12. The molecule has 84 valence electrons. The molecule has 0 aliphatic rings. The van der Waals surface area contributed by atoms with Crippen molar-refractivity contribution in [1.29, 1.82) is 0 Å². The Morgan fingerprint density at radius 3 is 2.87 bits per heavy atom.